The van der Waals surface area contributed by atoms with Crippen LogP contribution in [0.1, 0.15) is 35.6 Å². The number of rotatable bonds is 6. The van der Waals surface area contributed by atoms with Gasteiger partial charge in [-0.15, -0.1) is 0 Å². The number of aromatic hydroxyl groups is 1. The quantitative estimate of drug-likeness (QED) is 0.472. The minimum absolute atomic E-state index is 0.0572. The molecular weight excluding hydrogens is 332 g/mol. The molecule has 0 aromatic heterocycles. The van der Waals surface area contributed by atoms with Crippen LogP contribution in [0.5, 0.6) is 5.75 Å². The molecule has 4 N–H and O–H groups in total. The molecule has 2 atom stereocenters. The fraction of sp³-hybridized carbons (Fsp3) is 0.300. The Bertz CT molecular complexity index is 789. The summed E-state index contributed by atoms with van der Waals surface area (Å²) < 4.78 is 0. The summed E-state index contributed by atoms with van der Waals surface area (Å²) >= 11 is 0. The molecule has 0 spiro atoms. The van der Waals surface area contributed by atoms with Gasteiger partial charge in [-0.25, -0.2) is 5.48 Å². The zero-order chi connectivity index (χ0) is 18.5. The molecule has 0 bridgehead atoms. The lowest BCUT2D eigenvalue weighted by atomic mass is 9.94. The average Bonchev–Trinajstić information content (AvgIpc) is 3.05. The number of phenolic OH excluding ortho intramolecular Hbond substituents is 1. The summed E-state index contributed by atoms with van der Waals surface area (Å²) in [6.07, 6.45) is 1.98. The Morgan fingerprint density at radius 2 is 1.85 bits per heavy atom. The van der Waals surface area contributed by atoms with E-state index in [0.29, 0.717) is 6.42 Å². The van der Waals surface area contributed by atoms with Crippen molar-refractivity contribution in [2.24, 2.45) is 5.92 Å². The molecule has 26 heavy (non-hydrogen) atoms. The number of carbonyl (C=O) groups excluding carboxylic acids is 2. The third-order valence-corrected chi connectivity index (χ3v) is 4.80. The third-order valence-electron chi connectivity index (χ3n) is 4.80. The molecule has 1 aliphatic carbocycles. The molecule has 0 saturated heterocycles. The largest absolute Gasteiger partial charge is 0.508 e. The van der Waals surface area contributed by atoms with Gasteiger partial charge in [0, 0.05) is 6.42 Å². The Kier molecular flexibility index (Phi) is 5.53. The number of fused-ring (bicyclic) bond motifs is 1. The van der Waals surface area contributed by atoms with Crippen LogP contribution in [0.3, 0.4) is 0 Å². The lowest BCUT2D eigenvalue weighted by Crippen LogP contribution is -2.37. The molecule has 1 unspecified atom stereocenters. The van der Waals surface area contributed by atoms with Crippen LogP contribution >= 0.6 is 0 Å². The van der Waals surface area contributed by atoms with E-state index in [4.69, 9.17) is 5.21 Å². The van der Waals surface area contributed by atoms with Crippen molar-refractivity contribution in [1.82, 2.24) is 10.8 Å². The lowest BCUT2D eigenvalue weighted by Gasteiger charge is -2.20. The molecular formula is C20H22N2O4. The summed E-state index contributed by atoms with van der Waals surface area (Å²) in [5.74, 6) is -1.29. The van der Waals surface area contributed by atoms with Gasteiger partial charge in [0.1, 0.15) is 5.75 Å². The number of hydroxylamine groups is 1. The van der Waals surface area contributed by atoms with Crippen molar-refractivity contribution < 1.29 is 19.9 Å². The van der Waals surface area contributed by atoms with Gasteiger partial charge in [-0.1, -0.05) is 36.4 Å². The summed E-state index contributed by atoms with van der Waals surface area (Å²) in [6.45, 7) is 0. The minimum atomic E-state index is -0.612. The van der Waals surface area contributed by atoms with Crippen LogP contribution < -0.4 is 10.8 Å². The highest BCUT2D eigenvalue weighted by atomic mass is 16.5. The van der Waals surface area contributed by atoms with Crippen LogP contribution in [0.15, 0.2) is 48.5 Å². The summed E-state index contributed by atoms with van der Waals surface area (Å²) in [5.41, 5.74) is 4.79. The molecule has 0 fully saturated rings. The first-order valence-corrected chi connectivity index (χ1v) is 8.66. The van der Waals surface area contributed by atoms with E-state index in [2.05, 4.69) is 11.4 Å². The second kappa shape index (κ2) is 8.01. The fourth-order valence-corrected chi connectivity index (χ4v) is 3.44. The van der Waals surface area contributed by atoms with Gasteiger partial charge < -0.3 is 10.4 Å². The van der Waals surface area contributed by atoms with Gasteiger partial charge in [-0.3, -0.25) is 14.8 Å². The van der Waals surface area contributed by atoms with E-state index in [-0.39, 0.29) is 24.1 Å². The molecule has 6 nitrogen and oxygen atoms in total. The SMILES string of the molecule is O=C(CC(Cc1ccc(O)cc1)C(=O)N[C@H]1CCc2ccccc21)NO. The second-order valence-corrected chi connectivity index (χ2v) is 6.61. The predicted molar refractivity (Wildman–Crippen MR) is 95.5 cm³/mol. The summed E-state index contributed by atoms with van der Waals surface area (Å²) in [6, 6.07) is 14.5. The third kappa shape index (κ3) is 4.21. The monoisotopic (exact) mass is 354 g/mol. The molecule has 2 aromatic carbocycles. The number of carbonyl (C=O) groups is 2. The van der Waals surface area contributed by atoms with Crippen molar-refractivity contribution >= 4 is 11.8 Å². The van der Waals surface area contributed by atoms with E-state index >= 15 is 0 Å². The van der Waals surface area contributed by atoms with Gasteiger partial charge in [0.25, 0.3) is 0 Å². The van der Waals surface area contributed by atoms with E-state index < -0.39 is 11.8 Å². The first-order valence-electron chi connectivity index (χ1n) is 8.66. The molecule has 3 rings (SSSR count). The molecule has 0 saturated carbocycles. The number of aryl methyl sites for hydroxylation is 1. The van der Waals surface area contributed by atoms with Crippen LogP contribution in [0, 0.1) is 5.92 Å². The van der Waals surface area contributed by atoms with Gasteiger partial charge in [0.2, 0.25) is 11.8 Å². The maximum absolute atomic E-state index is 12.8. The van der Waals surface area contributed by atoms with Crippen molar-refractivity contribution in [1.29, 1.82) is 0 Å². The highest BCUT2D eigenvalue weighted by Gasteiger charge is 2.28. The Morgan fingerprint density at radius 1 is 1.12 bits per heavy atom. The van der Waals surface area contributed by atoms with Crippen LogP contribution in [0.25, 0.3) is 0 Å². The van der Waals surface area contributed by atoms with E-state index in [1.165, 1.54) is 5.56 Å². The van der Waals surface area contributed by atoms with Crippen molar-refractivity contribution in [2.45, 2.75) is 31.7 Å². The van der Waals surface area contributed by atoms with Crippen LogP contribution in [-0.4, -0.2) is 22.1 Å². The maximum Gasteiger partial charge on any atom is 0.244 e. The van der Waals surface area contributed by atoms with Crippen LogP contribution in [-0.2, 0) is 22.4 Å². The number of benzene rings is 2. The van der Waals surface area contributed by atoms with Gasteiger partial charge >= 0.3 is 0 Å². The number of phenols is 1. The smallest absolute Gasteiger partial charge is 0.244 e. The van der Waals surface area contributed by atoms with Gasteiger partial charge in [0.15, 0.2) is 0 Å². The molecule has 1 aliphatic rings. The van der Waals surface area contributed by atoms with E-state index in [1.807, 2.05) is 18.2 Å². The number of hydrogen-bond acceptors (Lipinski definition) is 4. The Labute approximate surface area is 151 Å². The average molecular weight is 354 g/mol. The Hall–Kier alpha value is -2.86. The zero-order valence-electron chi connectivity index (χ0n) is 14.3. The normalized spacial score (nSPS) is 16.6. The Balaban J connectivity index is 1.72. The van der Waals surface area contributed by atoms with Crippen molar-refractivity contribution in [3.63, 3.8) is 0 Å². The predicted octanol–water partition coefficient (Wildman–Crippen LogP) is 2.25. The first-order chi connectivity index (χ1) is 12.6. The van der Waals surface area contributed by atoms with Gasteiger partial charge in [-0.05, 0) is 48.1 Å². The second-order valence-electron chi connectivity index (χ2n) is 6.61. The number of hydrogen-bond donors (Lipinski definition) is 4. The number of nitrogens with one attached hydrogen (secondary N) is 2. The molecule has 0 heterocycles. The molecule has 2 aromatic rings. The van der Waals surface area contributed by atoms with Gasteiger partial charge in [-0.2, -0.15) is 0 Å². The molecule has 2 amide bonds. The number of amides is 2. The molecule has 0 radical (unpaired) electrons. The maximum atomic E-state index is 12.8. The lowest BCUT2D eigenvalue weighted by molar-refractivity contribution is -0.135. The van der Waals surface area contributed by atoms with Crippen LogP contribution in [0.4, 0.5) is 0 Å². The summed E-state index contributed by atoms with van der Waals surface area (Å²) in [4.78, 5) is 24.4. The molecule has 6 heteroatoms. The summed E-state index contributed by atoms with van der Waals surface area (Å²) in [5, 5.41) is 21.3. The highest BCUT2D eigenvalue weighted by molar-refractivity contribution is 5.86. The fourth-order valence-electron chi connectivity index (χ4n) is 3.44. The molecule has 136 valence electrons. The highest BCUT2D eigenvalue weighted by Crippen LogP contribution is 2.31. The van der Waals surface area contributed by atoms with Crippen molar-refractivity contribution in [3.8, 4) is 5.75 Å². The summed E-state index contributed by atoms with van der Waals surface area (Å²) in [7, 11) is 0. The van der Waals surface area contributed by atoms with E-state index in [1.54, 1.807) is 29.7 Å². The van der Waals surface area contributed by atoms with E-state index in [9.17, 15) is 14.7 Å². The Morgan fingerprint density at radius 3 is 2.58 bits per heavy atom. The van der Waals surface area contributed by atoms with E-state index in [0.717, 1.165) is 24.0 Å². The van der Waals surface area contributed by atoms with Crippen LogP contribution in [0.2, 0.25) is 0 Å². The first kappa shape index (κ1) is 17.9. The standard InChI is InChI=1S/C20H22N2O4/c23-16-8-5-13(6-9-16)11-15(12-19(24)22-26)20(25)21-18-10-7-14-3-1-2-4-17(14)18/h1-6,8-9,15,18,23,26H,7,10-12H2,(H,21,25)(H,22,24)/t15?,18-/m0/s1. The minimum Gasteiger partial charge on any atom is -0.508 e. The zero-order valence-corrected chi connectivity index (χ0v) is 14.3. The van der Waals surface area contributed by atoms with Crippen molar-refractivity contribution in [2.75, 3.05) is 0 Å². The van der Waals surface area contributed by atoms with Crippen molar-refractivity contribution in [3.05, 3.63) is 65.2 Å². The topological polar surface area (TPSA) is 98.7 Å². The molecule has 0 aliphatic heterocycles. The van der Waals surface area contributed by atoms with Gasteiger partial charge in [0.05, 0.1) is 12.0 Å².